The average Bonchev–Trinajstić information content (AvgIpc) is 2.85. The molecule has 1 N–H and O–H groups in total. The van der Waals surface area contributed by atoms with E-state index in [4.69, 9.17) is 9.47 Å². The lowest BCUT2D eigenvalue weighted by Crippen LogP contribution is -2.39. The fourth-order valence-electron chi connectivity index (χ4n) is 2.65. The zero-order chi connectivity index (χ0) is 13.0. The van der Waals surface area contributed by atoms with Gasteiger partial charge in [0.15, 0.2) is 0 Å². The second kappa shape index (κ2) is 6.34. The number of carbonyl (C=O) groups is 1. The maximum Gasteiger partial charge on any atom is 0.333 e. The fourth-order valence-corrected chi connectivity index (χ4v) is 2.65. The first kappa shape index (κ1) is 13.6. The molecule has 1 saturated carbocycles. The molecule has 0 aromatic heterocycles. The Morgan fingerprint density at radius 1 is 1.39 bits per heavy atom. The van der Waals surface area contributed by atoms with Crippen LogP contribution in [-0.4, -0.2) is 31.5 Å². The molecule has 0 radical (unpaired) electrons. The molecule has 1 heterocycles. The van der Waals surface area contributed by atoms with Crippen molar-refractivity contribution >= 4 is 5.97 Å². The summed E-state index contributed by atoms with van der Waals surface area (Å²) in [6.07, 6.45) is 6.61. The zero-order valence-corrected chi connectivity index (χ0v) is 11.1. The van der Waals surface area contributed by atoms with E-state index in [0.29, 0.717) is 24.7 Å². The van der Waals surface area contributed by atoms with E-state index in [2.05, 4.69) is 11.9 Å². The molecular weight excluding hydrogens is 230 g/mol. The second-order valence-corrected chi connectivity index (χ2v) is 5.39. The van der Waals surface area contributed by atoms with Crippen LogP contribution in [0.3, 0.4) is 0 Å². The smallest absolute Gasteiger partial charge is 0.333 e. The van der Waals surface area contributed by atoms with Gasteiger partial charge in [0, 0.05) is 5.57 Å². The summed E-state index contributed by atoms with van der Waals surface area (Å²) in [5, 5.41) is 3.43. The molecule has 0 amide bonds. The van der Waals surface area contributed by atoms with E-state index in [-0.39, 0.29) is 18.2 Å². The third-order valence-corrected chi connectivity index (χ3v) is 3.72. The molecule has 1 aliphatic carbocycles. The highest BCUT2D eigenvalue weighted by molar-refractivity contribution is 5.86. The van der Waals surface area contributed by atoms with E-state index in [1.165, 1.54) is 32.1 Å². The van der Waals surface area contributed by atoms with Gasteiger partial charge < -0.3 is 9.47 Å². The summed E-state index contributed by atoms with van der Waals surface area (Å²) >= 11 is 0. The summed E-state index contributed by atoms with van der Waals surface area (Å²) < 4.78 is 10.9. The molecule has 0 aromatic carbocycles. The molecule has 0 spiro atoms. The molecule has 18 heavy (non-hydrogen) atoms. The first-order chi connectivity index (χ1) is 8.66. The van der Waals surface area contributed by atoms with Gasteiger partial charge in [-0.05, 0) is 25.7 Å². The van der Waals surface area contributed by atoms with E-state index in [1.807, 2.05) is 0 Å². The standard InChI is InChI=1S/C14H23NO3/c1-10(2)14(16)18-9-12-8-17-13(15-12)11-6-4-3-5-7-11/h11-13,15H,1,3-9H2,2H3. The third kappa shape index (κ3) is 3.56. The zero-order valence-electron chi connectivity index (χ0n) is 11.1. The van der Waals surface area contributed by atoms with Crippen LogP contribution in [0.1, 0.15) is 39.0 Å². The van der Waals surface area contributed by atoms with Gasteiger partial charge in [-0.3, -0.25) is 5.32 Å². The summed E-state index contributed by atoms with van der Waals surface area (Å²) in [5.41, 5.74) is 0.442. The van der Waals surface area contributed by atoms with Gasteiger partial charge >= 0.3 is 5.97 Å². The average molecular weight is 253 g/mol. The van der Waals surface area contributed by atoms with Gasteiger partial charge in [-0.15, -0.1) is 0 Å². The maximum atomic E-state index is 11.3. The van der Waals surface area contributed by atoms with Crippen molar-refractivity contribution in [1.82, 2.24) is 5.32 Å². The third-order valence-electron chi connectivity index (χ3n) is 3.72. The molecule has 102 valence electrons. The van der Waals surface area contributed by atoms with E-state index in [9.17, 15) is 4.79 Å². The Balaban J connectivity index is 1.71. The van der Waals surface area contributed by atoms with Gasteiger partial charge in [-0.2, -0.15) is 0 Å². The SMILES string of the molecule is C=C(C)C(=O)OCC1COC(C2CCCCC2)N1. The number of rotatable bonds is 4. The highest BCUT2D eigenvalue weighted by atomic mass is 16.5. The normalized spacial score (nSPS) is 29.2. The van der Waals surface area contributed by atoms with Crippen molar-refractivity contribution in [3.8, 4) is 0 Å². The van der Waals surface area contributed by atoms with Crippen LogP contribution in [0.5, 0.6) is 0 Å². The minimum absolute atomic E-state index is 0.125. The number of hydrogen-bond acceptors (Lipinski definition) is 4. The summed E-state index contributed by atoms with van der Waals surface area (Å²) in [6, 6.07) is 0.125. The molecule has 1 saturated heterocycles. The summed E-state index contributed by atoms with van der Waals surface area (Å²) in [5.74, 6) is 0.304. The minimum atomic E-state index is -0.321. The lowest BCUT2D eigenvalue weighted by Gasteiger charge is -2.26. The van der Waals surface area contributed by atoms with Crippen LogP contribution in [0, 0.1) is 5.92 Å². The van der Waals surface area contributed by atoms with Crippen LogP contribution in [-0.2, 0) is 14.3 Å². The molecule has 1 aliphatic heterocycles. The van der Waals surface area contributed by atoms with Crippen molar-refractivity contribution in [1.29, 1.82) is 0 Å². The van der Waals surface area contributed by atoms with Crippen LogP contribution in [0.15, 0.2) is 12.2 Å². The fraction of sp³-hybridized carbons (Fsp3) is 0.786. The minimum Gasteiger partial charge on any atom is -0.461 e. The number of ether oxygens (including phenoxy) is 2. The molecule has 4 nitrogen and oxygen atoms in total. The number of esters is 1. The van der Waals surface area contributed by atoms with Gasteiger partial charge in [0.2, 0.25) is 0 Å². The Morgan fingerprint density at radius 2 is 2.11 bits per heavy atom. The van der Waals surface area contributed by atoms with Crippen molar-refractivity contribution in [3.63, 3.8) is 0 Å². The Kier molecular flexibility index (Phi) is 4.78. The van der Waals surface area contributed by atoms with E-state index in [1.54, 1.807) is 6.92 Å². The van der Waals surface area contributed by atoms with Gasteiger partial charge in [-0.1, -0.05) is 25.8 Å². The molecule has 2 rings (SSSR count). The van der Waals surface area contributed by atoms with Crippen LogP contribution >= 0.6 is 0 Å². The van der Waals surface area contributed by atoms with Crippen LogP contribution in [0.4, 0.5) is 0 Å². The molecule has 2 fully saturated rings. The number of hydrogen-bond donors (Lipinski definition) is 1. The van der Waals surface area contributed by atoms with Crippen molar-refractivity contribution in [2.75, 3.05) is 13.2 Å². The Bertz CT molecular complexity index is 310. The largest absolute Gasteiger partial charge is 0.461 e. The van der Waals surface area contributed by atoms with Crippen molar-refractivity contribution in [2.45, 2.75) is 51.3 Å². The Labute approximate surface area is 109 Å². The monoisotopic (exact) mass is 253 g/mol. The number of nitrogens with one attached hydrogen (secondary N) is 1. The number of carbonyl (C=O) groups excluding carboxylic acids is 1. The van der Waals surface area contributed by atoms with Crippen molar-refractivity contribution < 1.29 is 14.3 Å². The van der Waals surface area contributed by atoms with E-state index < -0.39 is 0 Å². The van der Waals surface area contributed by atoms with Gasteiger partial charge in [0.05, 0.1) is 12.6 Å². The van der Waals surface area contributed by atoms with Crippen LogP contribution in [0.2, 0.25) is 0 Å². The van der Waals surface area contributed by atoms with E-state index in [0.717, 1.165) is 0 Å². The lowest BCUT2D eigenvalue weighted by molar-refractivity contribution is -0.139. The molecule has 0 bridgehead atoms. The maximum absolute atomic E-state index is 11.3. The highest BCUT2D eigenvalue weighted by Gasteiger charge is 2.32. The molecule has 4 heteroatoms. The summed E-state index contributed by atoms with van der Waals surface area (Å²) in [4.78, 5) is 11.3. The quantitative estimate of drug-likeness (QED) is 0.615. The topological polar surface area (TPSA) is 47.6 Å². The van der Waals surface area contributed by atoms with Crippen molar-refractivity contribution in [2.24, 2.45) is 5.92 Å². The van der Waals surface area contributed by atoms with Crippen LogP contribution in [0.25, 0.3) is 0 Å². The molecular formula is C14H23NO3. The molecule has 2 unspecified atom stereocenters. The van der Waals surface area contributed by atoms with Gasteiger partial charge in [-0.25, -0.2) is 4.79 Å². The Morgan fingerprint density at radius 3 is 2.78 bits per heavy atom. The molecule has 0 aromatic rings. The summed E-state index contributed by atoms with van der Waals surface area (Å²) in [7, 11) is 0. The van der Waals surface area contributed by atoms with Crippen LogP contribution < -0.4 is 5.32 Å². The first-order valence-electron chi connectivity index (χ1n) is 6.87. The van der Waals surface area contributed by atoms with E-state index >= 15 is 0 Å². The highest BCUT2D eigenvalue weighted by Crippen LogP contribution is 2.28. The van der Waals surface area contributed by atoms with Gasteiger partial charge in [0.1, 0.15) is 12.8 Å². The lowest BCUT2D eigenvalue weighted by atomic mass is 9.88. The van der Waals surface area contributed by atoms with Crippen molar-refractivity contribution in [3.05, 3.63) is 12.2 Å². The van der Waals surface area contributed by atoms with Gasteiger partial charge in [0.25, 0.3) is 0 Å². The second-order valence-electron chi connectivity index (χ2n) is 5.39. The molecule has 2 aliphatic rings. The predicted octanol–water partition coefficient (Wildman–Crippen LogP) is 2.00. The summed E-state index contributed by atoms with van der Waals surface area (Å²) in [6.45, 7) is 6.22. The first-order valence-corrected chi connectivity index (χ1v) is 6.87. The predicted molar refractivity (Wildman–Crippen MR) is 69.0 cm³/mol. The Hall–Kier alpha value is -0.870. The molecule has 2 atom stereocenters.